The van der Waals surface area contributed by atoms with E-state index in [9.17, 15) is 13.2 Å². The number of thiophene rings is 1. The Morgan fingerprint density at radius 3 is 2.62 bits per heavy atom. The van der Waals surface area contributed by atoms with Gasteiger partial charge in [-0.25, -0.2) is 18.4 Å². The zero-order valence-corrected chi connectivity index (χ0v) is 21.2. The van der Waals surface area contributed by atoms with Crippen LogP contribution in [0.3, 0.4) is 0 Å². The fourth-order valence-corrected chi connectivity index (χ4v) is 5.29. The molecule has 10 heteroatoms. The normalized spacial score (nSPS) is 11.9. The first-order valence-electron chi connectivity index (χ1n) is 10.9. The minimum atomic E-state index is -3.32. The summed E-state index contributed by atoms with van der Waals surface area (Å²) in [5.74, 6) is 0.370. The molecule has 0 aliphatic heterocycles. The van der Waals surface area contributed by atoms with Crippen molar-refractivity contribution in [2.45, 2.75) is 11.8 Å². The van der Waals surface area contributed by atoms with Crippen molar-refractivity contribution in [3.8, 4) is 0 Å². The molecular formula is C24H27N5O3S2. The number of nitrogens with one attached hydrogen (secondary N) is 1. The predicted molar refractivity (Wildman–Crippen MR) is 138 cm³/mol. The molecule has 0 radical (unpaired) electrons. The number of hydrogen-bond acceptors (Lipinski definition) is 8. The third-order valence-corrected chi connectivity index (χ3v) is 7.66. The summed E-state index contributed by atoms with van der Waals surface area (Å²) in [6.07, 6.45) is 2.89. The maximum absolute atomic E-state index is 13.1. The van der Waals surface area contributed by atoms with Crippen LogP contribution in [0.25, 0.3) is 21.0 Å². The Morgan fingerprint density at radius 1 is 1.12 bits per heavy atom. The number of hydrogen-bond donors (Lipinski definition) is 1. The summed E-state index contributed by atoms with van der Waals surface area (Å²) >= 11 is 1.46. The standard InChI is InChI=1S/C24H27N5O3S2/c1-5-29(12-11-28(2)3)23(30)21-14-19-20(33-21)10-9-16-15-25-24(27-22(16)19)26-17-7-6-8-18(13-17)34(4,31)32/h6-10,13-15H,5,11-12H2,1-4H3,(H,25,26,27). The van der Waals surface area contributed by atoms with Gasteiger partial charge in [0.25, 0.3) is 5.91 Å². The molecule has 0 unspecified atom stereocenters. The molecule has 2 aromatic heterocycles. The van der Waals surface area contributed by atoms with Crippen LogP contribution >= 0.6 is 11.3 Å². The number of nitrogens with zero attached hydrogens (tertiary/aromatic N) is 4. The van der Waals surface area contributed by atoms with Crippen LogP contribution in [0.2, 0.25) is 0 Å². The largest absolute Gasteiger partial charge is 0.337 e. The summed E-state index contributed by atoms with van der Waals surface area (Å²) < 4.78 is 24.7. The van der Waals surface area contributed by atoms with Crippen molar-refractivity contribution in [2.24, 2.45) is 0 Å². The van der Waals surface area contributed by atoms with E-state index in [-0.39, 0.29) is 10.8 Å². The highest BCUT2D eigenvalue weighted by atomic mass is 32.2. The van der Waals surface area contributed by atoms with Gasteiger partial charge in [-0.1, -0.05) is 6.07 Å². The highest BCUT2D eigenvalue weighted by Gasteiger charge is 2.18. The number of carbonyl (C=O) groups is 1. The molecule has 2 aromatic carbocycles. The first kappa shape index (κ1) is 24.1. The third-order valence-electron chi connectivity index (χ3n) is 5.46. The number of anilines is 2. The molecule has 178 valence electrons. The minimum absolute atomic E-state index is 0.0173. The van der Waals surface area contributed by atoms with Gasteiger partial charge in [0.05, 0.1) is 15.3 Å². The van der Waals surface area contributed by atoms with Gasteiger partial charge in [-0.3, -0.25) is 4.79 Å². The van der Waals surface area contributed by atoms with Crippen LogP contribution < -0.4 is 5.32 Å². The van der Waals surface area contributed by atoms with Gasteiger partial charge in [-0.05, 0) is 57.4 Å². The van der Waals surface area contributed by atoms with Gasteiger partial charge >= 0.3 is 0 Å². The summed E-state index contributed by atoms with van der Waals surface area (Å²) in [7, 11) is 0.662. The third kappa shape index (κ3) is 5.19. The highest BCUT2D eigenvalue weighted by Crippen LogP contribution is 2.32. The van der Waals surface area contributed by atoms with Crippen LogP contribution in [-0.2, 0) is 9.84 Å². The Balaban J connectivity index is 1.68. The van der Waals surface area contributed by atoms with Crippen LogP contribution in [0.1, 0.15) is 16.6 Å². The number of carbonyl (C=O) groups excluding carboxylic acids is 1. The molecular weight excluding hydrogens is 470 g/mol. The SMILES string of the molecule is CCN(CCN(C)C)C(=O)c1cc2c(ccc3cnc(Nc4cccc(S(C)(=O)=O)c4)nc32)s1. The lowest BCUT2D eigenvalue weighted by Crippen LogP contribution is -2.36. The Bertz CT molecular complexity index is 1460. The predicted octanol–water partition coefficient (Wildman–Crippen LogP) is 4.02. The average molecular weight is 498 g/mol. The van der Waals surface area contributed by atoms with E-state index in [0.717, 1.165) is 27.5 Å². The Labute approximate surface area is 203 Å². The molecule has 1 N–H and O–H groups in total. The second-order valence-electron chi connectivity index (χ2n) is 8.33. The number of likely N-dealkylation sites (N-methyl/N-ethyl adjacent to an activating group) is 2. The van der Waals surface area contributed by atoms with E-state index in [1.54, 1.807) is 30.5 Å². The summed E-state index contributed by atoms with van der Waals surface area (Å²) in [5.41, 5.74) is 1.32. The van der Waals surface area contributed by atoms with Crippen molar-refractivity contribution < 1.29 is 13.2 Å². The first-order valence-corrected chi connectivity index (χ1v) is 13.6. The number of aromatic nitrogens is 2. The van der Waals surface area contributed by atoms with Gasteiger partial charge in [-0.15, -0.1) is 11.3 Å². The lowest BCUT2D eigenvalue weighted by Gasteiger charge is -2.22. The fraction of sp³-hybridized carbons (Fsp3) is 0.292. The van der Waals surface area contributed by atoms with Crippen molar-refractivity contribution in [3.63, 3.8) is 0 Å². The quantitative estimate of drug-likeness (QED) is 0.393. The van der Waals surface area contributed by atoms with Crippen LogP contribution in [0.15, 0.2) is 53.6 Å². The monoisotopic (exact) mass is 497 g/mol. The maximum atomic E-state index is 13.1. The summed E-state index contributed by atoms with van der Waals surface area (Å²) in [4.78, 5) is 27.0. The smallest absolute Gasteiger partial charge is 0.263 e. The van der Waals surface area contributed by atoms with Crippen molar-refractivity contribution in [1.82, 2.24) is 19.8 Å². The van der Waals surface area contributed by atoms with E-state index in [1.807, 2.05) is 44.1 Å². The molecule has 0 saturated carbocycles. The van der Waals surface area contributed by atoms with Gasteiger partial charge in [0.15, 0.2) is 9.84 Å². The van der Waals surface area contributed by atoms with Crippen LogP contribution in [0.4, 0.5) is 11.6 Å². The van der Waals surface area contributed by atoms with E-state index < -0.39 is 9.84 Å². The zero-order valence-electron chi connectivity index (χ0n) is 19.6. The highest BCUT2D eigenvalue weighted by molar-refractivity contribution is 7.90. The molecule has 0 atom stereocenters. The molecule has 0 spiro atoms. The summed E-state index contributed by atoms with van der Waals surface area (Å²) in [5, 5.41) is 4.85. The molecule has 0 aliphatic carbocycles. The number of sulfone groups is 1. The minimum Gasteiger partial charge on any atom is -0.337 e. The topological polar surface area (TPSA) is 95.5 Å². The van der Waals surface area contributed by atoms with Crippen LogP contribution in [0, 0.1) is 0 Å². The second kappa shape index (κ2) is 9.65. The molecule has 4 rings (SSSR count). The lowest BCUT2D eigenvalue weighted by atomic mass is 10.1. The van der Waals surface area contributed by atoms with Crippen LogP contribution in [0.5, 0.6) is 0 Å². The van der Waals surface area contributed by atoms with E-state index in [1.165, 1.54) is 17.6 Å². The van der Waals surface area contributed by atoms with E-state index >= 15 is 0 Å². The molecule has 0 fully saturated rings. The van der Waals surface area contributed by atoms with Gasteiger partial charge in [0.1, 0.15) is 0 Å². The second-order valence-corrected chi connectivity index (χ2v) is 11.4. The molecule has 4 aromatic rings. The van der Waals surface area contributed by atoms with Crippen molar-refractivity contribution in [3.05, 3.63) is 53.5 Å². The molecule has 2 heterocycles. The number of benzene rings is 2. The molecule has 34 heavy (non-hydrogen) atoms. The maximum Gasteiger partial charge on any atom is 0.263 e. The first-order chi connectivity index (χ1) is 16.2. The Morgan fingerprint density at radius 2 is 1.91 bits per heavy atom. The zero-order chi connectivity index (χ0) is 24.5. The Kier molecular flexibility index (Phi) is 6.83. The van der Waals surface area contributed by atoms with Crippen LogP contribution in [-0.4, -0.2) is 74.1 Å². The molecule has 0 bridgehead atoms. The number of rotatable bonds is 8. The van der Waals surface area contributed by atoms with Gasteiger partial charge < -0.3 is 15.1 Å². The fourth-order valence-electron chi connectivity index (χ4n) is 3.59. The molecule has 8 nitrogen and oxygen atoms in total. The van der Waals surface area contributed by atoms with Gasteiger partial charge in [0, 0.05) is 53.2 Å². The Hall–Kier alpha value is -3.08. The van der Waals surface area contributed by atoms with E-state index in [0.29, 0.717) is 29.6 Å². The van der Waals surface area contributed by atoms with E-state index in [4.69, 9.17) is 4.98 Å². The van der Waals surface area contributed by atoms with E-state index in [2.05, 4.69) is 15.2 Å². The van der Waals surface area contributed by atoms with Gasteiger partial charge in [-0.2, -0.15) is 0 Å². The molecule has 1 amide bonds. The summed E-state index contributed by atoms with van der Waals surface area (Å²) in [6, 6.07) is 12.4. The number of fused-ring (bicyclic) bond motifs is 3. The van der Waals surface area contributed by atoms with Crippen molar-refractivity contribution >= 4 is 59.7 Å². The molecule has 0 saturated heterocycles. The summed E-state index contributed by atoms with van der Waals surface area (Å²) in [6.45, 7) is 4.10. The molecule has 0 aliphatic rings. The van der Waals surface area contributed by atoms with Crippen molar-refractivity contribution in [1.29, 1.82) is 0 Å². The van der Waals surface area contributed by atoms with Crippen molar-refractivity contribution in [2.75, 3.05) is 45.3 Å². The number of amides is 1. The lowest BCUT2D eigenvalue weighted by molar-refractivity contribution is 0.0759. The average Bonchev–Trinajstić information content (AvgIpc) is 3.24. The van der Waals surface area contributed by atoms with Gasteiger partial charge in [0.2, 0.25) is 5.95 Å².